The molecule has 2 aromatic carbocycles. The molecule has 4 aromatic rings. The molecule has 0 aliphatic carbocycles. The molecule has 35 heavy (non-hydrogen) atoms. The Bertz CT molecular complexity index is 1350. The van der Waals surface area contributed by atoms with E-state index in [-0.39, 0.29) is 6.61 Å². The lowest BCUT2D eigenvalue weighted by Crippen LogP contribution is -2.45. The lowest BCUT2D eigenvalue weighted by Gasteiger charge is -2.38. The molecule has 5 rings (SSSR count). The number of carbonyl (C=O) groups is 1. The summed E-state index contributed by atoms with van der Waals surface area (Å²) in [6.07, 6.45) is 1.52. The quantitative estimate of drug-likeness (QED) is 0.336. The molecule has 1 fully saturated rings. The Hall–Kier alpha value is -3.07. The largest absolute Gasteiger partial charge is 0.497 e. The number of aliphatic hydroxyl groups is 1. The Morgan fingerprint density at radius 3 is 2.91 bits per heavy atom. The minimum absolute atomic E-state index is 0.182. The van der Waals surface area contributed by atoms with E-state index in [4.69, 9.17) is 15.2 Å². The highest BCUT2D eigenvalue weighted by atomic mass is 32.1. The number of likely N-dealkylation sites (tertiary alicyclic amines) is 1. The van der Waals surface area contributed by atoms with Crippen LogP contribution in [0.4, 0.5) is 0 Å². The van der Waals surface area contributed by atoms with Gasteiger partial charge >= 0.3 is 0 Å². The fourth-order valence-corrected chi connectivity index (χ4v) is 6.25. The van der Waals surface area contributed by atoms with Crippen LogP contribution in [0.1, 0.15) is 41.0 Å². The van der Waals surface area contributed by atoms with Crippen molar-refractivity contribution in [2.45, 2.75) is 37.8 Å². The van der Waals surface area contributed by atoms with E-state index >= 15 is 0 Å². The van der Waals surface area contributed by atoms with Crippen molar-refractivity contribution in [3.05, 3.63) is 59.1 Å². The van der Waals surface area contributed by atoms with E-state index in [0.717, 1.165) is 36.0 Å². The summed E-state index contributed by atoms with van der Waals surface area (Å²) in [4.78, 5) is 18.3. The summed E-state index contributed by atoms with van der Waals surface area (Å²) in [6, 6.07) is 16.2. The number of piperidine rings is 1. The minimum atomic E-state index is -0.615. The number of carbonyl (C=O) groups excluding carboxylic acids is 1. The van der Waals surface area contributed by atoms with Crippen molar-refractivity contribution in [1.82, 2.24) is 9.88 Å². The Kier molecular flexibility index (Phi) is 6.69. The normalized spacial score (nSPS) is 19.7. The number of thiophene rings is 1. The van der Waals surface area contributed by atoms with E-state index in [2.05, 4.69) is 35.0 Å². The van der Waals surface area contributed by atoms with Gasteiger partial charge in [-0.25, -0.2) is 0 Å². The number of primary amides is 1. The number of nitrogens with one attached hydrogen (secondary N) is 1. The molecule has 1 amide bonds. The van der Waals surface area contributed by atoms with E-state index in [0.29, 0.717) is 29.9 Å². The number of benzene rings is 2. The van der Waals surface area contributed by atoms with E-state index in [1.165, 1.54) is 15.0 Å². The van der Waals surface area contributed by atoms with Gasteiger partial charge in [0, 0.05) is 33.1 Å². The van der Waals surface area contributed by atoms with Crippen LogP contribution in [0.15, 0.2) is 48.5 Å². The fourth-order valence-electron chi connectivity index (χ4n) is 5.01. The maximum absolute atomic E-state index is 11.5. The zero-order valence-corrected chi connectivity index (χ0v) is 20.8. The smallest absolute Gasteiger partial charge is 0.265 e. The van der Waals surface area contributed by atoms with Gasteiger partial charge < -0.3 is 25.3 Å². The van der Waals surface area contributed by atoms with Crippen LogP contribution in [-0.2, 0) is 0 Å². The van der Waals surface area contributed by atoms with Gasteiger partial charge in [-0.3, -0.25) is 9.69 Å². The zero-order chi connectivity index (χ0) is 24.5. The molecular formula is C27H31N3O4S. The molecule has 1 saturated heterocycles. The van der Waals surface area contributed by atoms with Crippen LogP contribution in [-0.4, -0.2) is 59.8 Å². The first-order valence-electron chi connectivity index (χ1n) is 11.9. The third kappa shape index (κ3) is 5.00. The molecule has 0 radical (unpaired) electrons. The summed E-state index contributed by atoms with van der Waals surface area (Å²) >= 11 is 1.86. The van der Waals surface area contributed by atoms with Crippen LogP contribution in [0.3, 0.4) is 0 Å². The van der Waals surface area contributed by atoms with Gasteiger partial charge in [0.2, 0.25) is 0 Å². The molecule has 7 nitrogen and oxygen atoms in total. The number of amides is 1. The van der Waals surface area contributed by atoms with Crippen LogP contribution >= 0.6 is 11.3 Å². The number of aliphatic hydroxyl groups excluding tert-OH is 1. The van der Waals surface area contributed by atoms with Gasteiger partial charge in [-0.1, -0.05) is 6.07 Å². The van der Waals surface area contributed by atoms with Gasteiger partial charge in [-0.2, -0.15) is 0 Å². The summed E-state index contributed by atoms with van der Waals surface area (Å²) in [5, 5.41) is 12.8. The third-order valence-electron chi connectivity index (χ3n) is 6.93. The number of methoxy groups -OCH3 is 1. The van der Waals surface area contributed by atoms with Crippen molar-refractivity contribution in [3.8, 4) is 11.5 Å². The molecule has 0 unspecified atom stereocenters. The summed E-state index contributed by atoms with van der Waals surface area (Å²) in [6.45, 7) is 3.92. The maximum atomic E-state index is 11.5. The van der Waals surface area contributed by atoms with E-state index in [9.17, 15) is 9.90 Å². The number of aromatic nitrogens is 1. The highest BCUT2D eigenvalue weighted by molar-refractivity contribution is 7.19. The van der Waals surface area contributed by atoms with Crippen molar-refractivity contribution < 1.29 is 19.4 Å². The van der Waals surface area contributed by atoms with Crippen molar-refractivity contribution >= 4 is 38.2 Å². The second-order valence-corrected chi connectivity index (χ2v) is 10.5. The average molecular weight is 494 g/mol. The predicted molar refractivity (Wildman–Crippen MR) is 140 cm³/mol. The van der Waals surface area contributed by atoms with Crippen LogP contribution in [0.5, 0.6) is 11.5 Å². The van der Waals surface area contributed by atoms with Crippen LogP contribution in [0.25, 0.3) is 21.0 Å². The van der Waals surface area contributed by atoms with Gasteiger partial charge in [0.25, 0.3) is 5.91 Å². The summed E-state index contributed by atoms with van der Waals surface area (Å²) in [5.74, 6) is 1.54. The summed E-state index contributed by atoms with van der Waals surface area (Å²) < 4.78 is 12.6. The first-order valence-corrected chi connectivity index (χ1v) is 12.8. The number of fused-ring (bicyclic) bond motifs is 2. The third-order valence-corrected chi connectivity index (χ3v) is 8.19. The number of hydrogen-bond donors (Lipinski definition) is 3. The minimum Gasteiger partial charge on any atom is -0.497 e. The second-order valence-electron chi connectivity index (χ2n) is 9.35. The Labute approximate surface area is 208 Å². The molecule has 184 valence electrons. The van der Waals surface area contributed by atoms with Gasteiger partial charge in [0.15, 0.2) is 0 Å². The first kappa shape index (κ1) is 23.7. The molecule has 1 aliphatic heterocycles. The highest BCUT2D eigenvalue weighted by Gasteiger charge is 2.29. The average Bonchev–Trinajstić information content (AvgIpc) is 3.48. The van der Waals surface area contributed by atoms with Crippen molar-refractivity contribution in [1.29, 1.82) is 0 Å². The monoisotopic (exact) mass is 493 g/mol. The van der Waals surface area contributed by atoms with Crippen molar-refractivity contribution in [2.24, 2.45) is 5.73 Å². The molecule has 3 heterocycles. The summed E-state index contributed by atoms with van der Waals surface area (Å²) in [5.41, 5.74) is 6.50. The van der Waals surface area contributed by atoms with Crippen LogP contribution in [0.2, 0.25) is 0 Å². The zero-order valence-electron chi connectivity index (χ0n) is 20.0. The lowest BCUT2D eigenvalue weighted by molar-refractivity contribution is 0.0408. The lowest BCUT2D eigenvalue weighted by atomic mass is 9.90. The molecule has 0 saturated carbocycles. The molecule has 0 bridgehead atoms. The molecule has 8 heteroatoms. The highest BCUT2D eigenvalue weighted by Crippen LogP contribution is 2.39. The molecule has 4 N–H and O–H groups in total. The summed E-state index contributed by atoms with van der Waals surface area (Å²) in [7, 11) is 1.70. The molecular weight excluding hydrogens is 462 g/mol. The van der Waals surface area contributed by atoms with Crippen molar-refractivity contribution in [3.63, 3.8) is 0 Å². The maximum Gasteiger partial charge on any atom is 0.265 e. The Morgan fingerprint density at radius 2 is 2.14 bits per heavy atom. The van der Waals surface area contributed by atoms with Gasteiger partial charge in [0.1, 0.15) is 29.9 Å². The van der Waals surface area contributed by atoms with E-state index in [1.54, 1.807) is 13.2 Å². The molecule has 0 spiro atoms. The Balaban J connectivity index is 1.17. The van der Waals surface area contributed by atoms with Crippen molar-refractivity contribution in [2.75, 3.05) is 26.8 Å². The van der Waals surface area contributed by atoms with Crippen LogP contribution < -0.4 is 15.2 Å². The first-order chi connectivity index (χ1) is 16.9. The Morgan fingerprint density at radius 1 is 1.29 bits per heavy atom. The number of ether oxygens (including phenoxy) is 2. The number of hydrogen-bond acceptors (Lipinski definition) is 6. The van der Waals surface area contributed by atoms with E-state index < -0.39 is 12.0 Å². The molecule has 2 aromatic heterocycles. The number of rotatable bonds is 8. The number of H-pyrrole nitrogens is 1. The van der Waals surface area contributed by atoms with Gasteiger partial charge in [-0.05, 0) is 80.1 Å². The SMILES string of the molecule is COc1ccc2cc([C@@H]3CCN(C[C@H](O)COc4cccc5[nH]c(C(N)=O)cc45)[C@@H](C)C3)sc2c1. The molecule has 1 aliphatic rings. The number of β-amino-alcohol motifs (C(OH)–C–C–N with tert-alkyl or cyclic N) is 1. The van der Waals surface area contributed by atoms with Crippen LogP contribution in [0, 0.1) is 0 Å². The van der Waals surface area contributed by atoms with Gasteiger partial charge in [0.05, 0.1) is 7.11 Å². The van der Waals surface area contributed by atoms with E-state index in [1.807, 2.05) is 35.6 Å². The predicted octanol–water partition coefficient (Wildman–Crippen LogP) is 4.50. The number of aromatic amines is 1. The fraction of sp³-hybridized carbons (Fsp3) is 0.370. The second kappa shape index (κ2) is 9.89. The molecule has 3 atom stereocenters. The topological polar surface area (TPSA) is 101 Å². The number of nitrogens with two attached hydrogens (primary N) is 1. The van der Waals surface area contributed by atoms with Gasteiger partial charge in [-0.15, -0.1) is 11.3 Å². The standard InChI is InChI=1S/C27H31N3O4S/c1-16-10-18(25-11-17-6-7-20(33-2)12-26(17)35-25)8-9-30(16)14-19(31)15-34-24-5-3-4-22-21(24)13-23(29-22)27(28)32/h3-7,11-13,16,18-19,29,31H,8-10,14-15H2,1-2H3,(H2,28,32)/t16-,18+,19-/m0/s1. The number of nitrogens with zero attached hydrogens (tertiary/aromatic N) is 1.